The molecule has 8 heteroatoms. The fourth-order valence-electron chi connectivity index (χ4n) is 2.75. The zero-order chi connectivity index (χ0) is 20.9. The summed E-state index contributed by atoms with van der Waals surface area (Å²) in [5.41, 5.74) is 2.39. The van der Waals surface area contributed by atoms with Gasteiger partial charge in [0.05, 0.1) is 10.6 Å². The number of hydrogen-bond donors (Lipinski definition) is 2. The van der Waals surface area contributed by atoms with E-state index in [0.717, 1.165) is 30.6 Å². The number of sulfonamides is 1. The molecule has 0 bridgehead atoms. The molecule has 1 heterocycles. The molecule has 1 aromatic heterocycles. The van der Waals surface area contributed by atoms with Crippen LogP contribution in [0.3, 0.4) is 0 Å². The predicted octanol–water partition coefficient (Wildman–Crippen LogP) is 4.85. The average molecular weight is 430 g/mol. The monoisotopic (exact) mass is 429 g/mol. The summed E-state index contributed by atoms with van der Waals surface area (Å²) >= 11 is 1.01. The third-order valence-electron chi connectivity index (χ3n) is 4.31. The van der Waals surface area contributed by atoms with E-state index in [-0.39, 0.29) is 15.9 Å². The Labute approximate surface area is 175 Å². The van der Waals surface area contributed by atoms with Crippen molar-refractivity contribution < 1.29 is 13.2 Å². The van der Waals surface area contributed by atoms with Crippen molar-refractivity contribution in [1.29, 1.82) is 0 Å². The molecule has 6 nitrogen and oxygen atoms in total. The lowest BCUT2D eigenvalue weighted by Gasteiger charge is -2.06. The van der Waals surface area contributed by atoms with Crippen molar-refractivity contribution in [2.75, 3.05) is 10.0 Å². The van der Waals surface area contributed by atoms with Gasteiger partial charge < -0.3 is 5.32 Å². The van der Waals surface area contributed by atoms with E-state index in [1.54, 1.807) is 25.1 Å². The number of anilines is 2. The second-order valence-electron chi connectivity index (χ2n) is 6.61. The van der Waals surface area contributed by atoms with Gasteiger partial charge in [-0.1, -0.05) is 55.0 Å². The van der Waals surface area contributed by atoms with Crippen LogP contribution in [0.5, 0.6) is 0 Å². The summed E-state index contributed by atoms with van der Waals surface area (Å²) in [6.45, 7) is 3.83. The summed E-state index contributed by atoms with van der Waals surface area (Å²) in [7, 11) is -3.75. The first kappa shape index (κ1) is 21.0. The van der Waals surface area contributed by atoms with E-state index in [9.17, 15) is 13.2 Å². The van der Waals surface area contributed by atoms with Crippen molar-refractivity contribution in [2.24, 2.45) is 0 Å². The highest BCUT2D eigenvalue weighted by Gasteiger charge is 2.20. The van der Waals surface area contributed by atoms with E-state index >= 15 is 0 Å². The molecule has 0 unspecified atom stereocenters. The summed E-state index contributed by atoms with van der Waals surface area (Å²) in [6, 6.07) is 15.8. The molecule has 29 heavy (non-hydrogen) atoms. The van der Waals surface area contributed by atoms with Gasteiger partial charge >= 0.3 is 0 Å². The van der Waals surface area contributed by atoms with Crippen LogP contribution in [0.2, 0.25) is 0 Å². The third-order valence-corrected chi connectivity index (χ3v) is 6.86. The lowest BCUT2D eigenvalue weighted by molar-refractivity contribution is 0.103. The molecule has 0 saturated heterocycles. The van der Waals surface area contributed by atoms with Crippen LogP contribution in [-0.2, 0) is 16.4 Å². The van der Waals surface area contributed by atoms with Crippen LogP contribution < -0.4 is 10.0 Å². The summed E-state index contributed by atoms with van der Waals surface area (Å²) in [5, 5.41) is 3.00. The minimum atomic E-state index is -3.75. The summed E-state index contributed by atoms with van der Waals surface area (Å²) < 4.78 is 27.3. The number of rotatable bonds is 8. The van der Waals surface area contributed by atoms with Gasteiger partial charge in [-0.3, -0.25) is 9.52 Å². The number of thiazole rings is 1. The molecular formula is C21H23N3O3S2. The van der Waals surface area contributed by atoms with Crippen molar-refractivity contribution in [1.82, 2.24) is 4.98 Å². The molecule has 0 spiro atoms. The average Bonchev–Trinajstić information content (AvgIpc) is 3.07. The summed E-state index contributed by atoms with van der Waals surface area (Å²) in [6.07, 6.45) is 3.29. The van der Waals surface area contributed by atoms with E-state index in [0.29, 0.717) is 16.3 Å². The Morgan fingerprint density at radius 3 is 2.41 bits per heavy atom. The molecule has 0 atom stereocenters. The number of benzene rings is 2. The largest absolute Gasteiger partial charge is 0.321 e. The van der Waals surface area contributed by atoms with Crippen LogP contribution in [-0.4, -0.2) is 19.3 Å². The lowest BCUT2D eigenvalue weighted by atomic mass is 10.1. The minimum absolute atomic E-state index is 0.141. The van der Waals surface area contributed by atoms with E-state index in [2.05, 4.69) is 21.9 Å². The van der Waals surface area contributed by atoms with Crippen LogP contribution in [0.15, 0.2) is 59.5 Å². The van der Waals surface area contributed by atoms with Gasteiger partial charge in [0.1, 0.15) is 4.88 Å². The standard InChI is InChI=1S/C21H23N3O3S2/c1-3-4-8-16-11-13-17(14-12-16)23-20(25)19-15(2)22-21(28-19)24-29(26,27)18-9-6-5-7-10-18/h5-7,9-14H,3-4,8H2,1-2H3,(H,22,24)(H,23,25). The highest BCUT2D eigenvalue weighted by atomic mass is 32.2. The quantitative estimate of drug-likeness (QED) is 0.536. The van der Waals surface area contributed by atoms with Crippen molar-refractivity contribution in [2.45, 2.75) is 38.0 Å². The molecule has 0 radical (unpaired) electrons. The molecule has 2 N–H and O–H groups in total. The smallest absolute Gasteiger partial charge is 0.267 e. The van der Waals surface area contributed by atoms with E-state index in [1.807, 2.05) is 24.3 Å². The Hall–Kier alpha value is -2.71. The summed E-state index contributed by atoms with van der Waals surface area (Å²) in [5.74, 6) is -0.313. The van der Waals surface area contributed by atoms with Gasteiger partial charge in [0.15, 0.2) is 5.13 Å². The fourth-order valence-corrected chi connectivity index (χ4v) is 4.87. The Balaban J connectivity index is 1.70. The van der Waals surface area contributed by atoms with Crippen molar-refractivity contribution >= 4 is 38.1 Å². The maximum Gasteiger partial charge on any atom is 0.267 e. The van der Waals surface area contributed by atoms with Crippen molar-refractivity contribution in [3.8, 4) is 0 Å². The summed E-state index contributed by atoms with van der Waals surface area (Å²) in [4.78, 5) is 17.3. The second kappa shape index (κ2) is 9.19. The molecule has 3 rings (SSSR count). The van der Waals surface area contributed by atoms with Crippen LogP contribution in [0.1, 0.15) is 40.7 Å². The van der Waals surface area contributed by atoms with Gasteiger partial charge in [0.25, 0.3) is 15.9 Å². The van der Waals surface area contributed by atoms with Crippen LogP contribution in [0.4, 0.5) is 10.8 Å². The van der Waals surface area contributed by atoms with Gasteiger partial charge in [-0.2, -0.15) is 0 Å². The number of carbonyl (C=O) groups excluding carboxylic acids is 1. The van der Waals surface area contributed by atoms with Gasteiger partial charge in [-0.15, -0.1) is 0 Å². The number of aromatic nitrogens is 1. The van der Waals surface area contributed by atoms with Crippen LogP contribution >= 0.6 is 11.3 Å². The molecule has 0 saturated carbocycles. The zero-order valence-electron chi connectivity index (χ0n) is 16.3. The van der Waals surface area contributed by atoms with Crippen molar-refractivity contribution in [3.05, 3.63) is 70.7 Å². The first-order chi connectivity index (χ1) is 13.9. The van der Waals surface area contributed by atoms with Crippen LogP contribution in [0.25, 0.3) is 0 Å². The number of aryl methyl sites for hydroxylation is 2. The highest BCUT2D eigenvalue weighted by Crippen LogP contribution is 2.26. The SMILES string of the molecule is CCCCc1ccc(NC(=O)c2sc(NS(=O)(=O)c3ccccc3)nc2C)cc1. The number of nitrogens with zero attached hydrogens (tertiary/aromatic N) is 1. The van der Waals surface area contributed by atoms with Gasteiger partial charge in [0.2, 0.25) is 0 Å². The van der Waals surface area contributed by atoms with E-state index in [1.165, 1.54) is 17.7 Å². The number of carbonyl (C=O) groups is 1. The van der Waals surface area contributed by atoms with Crippen LogP contribution in [0, 0.1) is 6.92 Å². The van der Waals surface area contributed by atoms with E-state index in [4.69, 9.17) is 0 Å². The highest BCUT2D eigenvalue weighted by molar-refractivity contribution is 7.93. The number of unbranched alkanes of at least 4 members (excludes halogenated alkanes) is 1. The zero-order valence-corrected chi connectivity index (χ0v) is 17.9. The van der Waals surface area contributed by atoms with Gasteiger partial charge in [0, 0.05) is 5.69 Å². The molecule has 152 valence electrons. The number of amides is 1. The molecule has 0 fully saturated rings. The second-order valence-corrected chi connectivity index (χ2v) is 9.29. The molecular weight excluding hydrogens is 406 g/mol. The molecule has 0 aliphatic carbocycles. The van der Waals surface area contributed by atoms with Crippen molar-refractivity contribution in [3.63, 3.8) is 0 Å². The maximum atomic E-state index is 12.6. The Morgan fingerprint density at radius 2 is 1.76 bits per heavy atom. The van der Waals surface area contributed by atoms with E-state index < -0.39 is 10.0 Å². The Morgan fingerprint density at radius 1 is 1.07 bits per heavy atom. The molecule has 0 aliphatic rings. The Kier molecular flexibility index (Phi) is 6.66. The number of hydrogen-bond acceptors (Lipinski definition) is 5. The van der Waals surface area contributed by atoms with Gasteiger partial charge in [-0.25, -0.2) is 13.4 Å². The normalized spacial score (nSPS) is 11.2. The third kappa shape index (κ3) is 5.42. The molecule has 2 aromatic carbocycles. The first-order valence-corrected chi connectivity index (χ1v) is 11.6. The predicted molar refractivity (Wildman–Crippen MR) is 117 cm³/mol. The first-order valence-electron chi connectivity index (χ1n) is 9.34. The fraction of sp³-hybridized carbons (Fsp3) is 0.238. The topological polar surface area (TPSA) is 88.2 Å². The Bertz CT molecular complexity index is 1080. The minimum Gasteiger partial charge on any atom is -0.321 e. The number of nitrogens with one attached hydrogen (secondary N) is 2. The van der Waals surface area contributed by atoms with Gasteiger partial charge in [-0.05, 0) is 49.6 Å². The molecule has 0 aliphatic heterocycles. The molecule has 3 aromatic rings. The maximum absolute atomic E-state index is 12.6. The molecule has 1 amide bonds. The lowest BCUT2D eigenvalue weighted by Crippen LogP contribution is -2.12.